The lowest BCUT2D eigenvalue weighted by molar-refractivity contribution is -0.0655. The fourth-order valence-corrected chi connectivity index (χ4v) is 3.24. The summed E-state index contributed by atoms with van der Waals surface area (Å²) in [4.78, 5) is 2.63. The number of hydrogen-bond acceptors (Lipinski definition) is 3. The molecule has 19 heavy (non-hydrogen) atoms. The molecule has 0 aromatic rings. The molecular weight excluding hydrogens is 236 g/mol. The molecule has 110 valence electrons. The highest BCUT2D eigenvalue weighted by Gasteiger charge is 2.35. The van der Waals surface area contributed by atoms with Crippen molar-refractivity contribution in [1.29, 1.82) is 0 Å². The summed E-state index contributed by atoms with van der Waals surface area (Å²) in [6, 6.07) is 1.18. The topological polar surface area (TPSA) is 24.5 Å². The van der Waals surface area contributed by atoms with Crippen LogP contribution in [0.25, 0.3) is 0 Å². The van der Waals surface area contributed by atoms with Crippen molar-refractivity contribution in [2.75, 3.05) is 26.2 Å². The second-order valence-corrected chi connectivity index (χ2v) is 6.22. The van der Waals surface area contributed by atoms with E-state index in [1.165, 1.54) is 31.4 Å². The van der Waals surface area contributed by atoms with Gasteiger partial charge in [0.05, 0.1) is 12.7 Å². The minimum absolute atomic E-state index is 0.361. The van der Waals surface area contributed by atoms with Crippen molar-refractivity contribution >= 4 is 0 Å². The summed E-state index contributed by atoms with van der Waals surface area (Å²) in [6.07, 6.45) is 6.47. The van der Waals surface area contributed by atoms with Gasteiger partial charge in [-0.1, -0.05) is 12.5 Å². The van der Waals surface area contributed by atoms with E-state index in [9.17, 15) is 0 Å². The first-order valence-electron chi connectivity index (χ1n) is 7.94. The Morgan fingerprint density at radius 2 is 2.37 bits per heavy atom. The van der Waals surface area contributed by atoms with Gasteiger partial charge in [-0.3, -0.25) is 4.90 Å². The molecule has 0 bridgehead atoms. The first-order valence-corrected chi connectivity index (χ1v) is 7.94. The van der Waals surface area contributed by atoms with Crippen molar-refractivity contribution in [3.8, 4) is 0 Å². The van der Waals surface area contributed by atoms with Crippen molar-refractivity contribution < 1.29 is 4.74 Å². The maximum atomic E-state index is 6.15. The number of allylic oxidation sites excluding steroid dienone is 1. The van der Waals surface area contributed by atoms with Crippen molar-refractivity contribution in [3.63, 3.8) is 0 Å². The third-order valence-corrected chi connectivity index (χ3v) is 4.40. The molecule has 1 N–H and O–H groups in total. The van der Waals surface area contributed by atoms with Crippen LogP contribution in [0.1, 0.15) is 46.0 Å². The molecule has 3 unspecified atom stereocenters. The third-order valence-electron chi connectivity index (χ3n) is 4.40. The summed E-state index contributed by atoms with van der Waals surface area (Å²) in [5, 5.41) is 3.68. The number of morpholine rings is 1. The monoisotopic (exact) mass is 266 g/mol. The Morgan fingerprint density at radius 3 is 3.11 bits per heavy atom. The van der Waals surface area contributed by atoms with Gasteiger partial charge in [0.2, 0.25) is 0 Å². The van der Waals surface area contributed by atoms with Gasteiger partial charge in [0.15, 0.2) is 0 Å². The van der Waals surface area contributed by atoms with E-state index < -0.39 is 0 Å². The van der Waals surface area contributed by atoms with Gasteiger partial charge in [-0.05, 0) is 52.1 Å². The third kappa shape index (κ3) is 4.30. The molecule has 0 aromatic heterocycles. The molecule has 3 heteroatoms. The maximum Gasteiger partial charge on any atom is 0.0855 e. The lowest BCUT2D eigenvalue weighted by Gasteiger charge is -2.39. The molecule has 2 saturated heterocycles. The Morgan fingerprint density at radius 1 is 1.53 bits per heavy atom. The molecular formula is C16H30N2O. The Balaban J connectivity index is 1.87. The van der Waals surface area contributed by atoms with Crippen LogP contribution >= 0.6 is 0 Å². The smallest absolute Gasteiger partial charge is 0.0855 e. The Bertz CT molecular complexity index is 292. The minimum atomic E-state index is 0.361. The molecule has 0 aliphatic carbocycles. The molecule has 2 rings (SSSR count). The standard InChI is InChI=1S/C16H30N2O/c1-4-9-17-15(8-7-13(2)3)16-11-18-10-5-6-14(18)12-19-16/h14-17H,2,4-12H2,1,3H3. The Labute approximate surface area is 118 Å². The van der Waals surface area contributed by atoms with Crippen LogP contribution in [0.3, 0.4) is 0 Å². The fourth-order valence-electron chi connectivity index (χ4n) is 3.24. The number of hydrogen-bond donors (Lipinski definition) is 1. The van der Waals surface area contributed by atoms with Crippen LogP contribution in [0, 0.1) is 0 Å². The minimum Gasteiger partial charge on any atom is -0.374 e. The predicted molar refractivity (Wildman–Crippen MR) is 80.5 cm³/mol. The van der Waals surface area contributed by atoms with Gasteiger partial charge in [-0.15, -0.1) is 6.58 Å². The van der Waals surface area contributed by atoms with Gasteiger partial charge in [0.1, 0.15) is 0 Å². The zero-order valence-corrected chi connectivity index (χ0v) is 12.7. The quantitative estimate of drug-likeness (QED) is 0.717. The van der Waals surface area contributed by atoms with Crippen LogP contribution in [-0.2, 0) is 4.74 Å². The van der Waals surface area contributed by atoms with Gasteiger partial charge in [0.25, 0.3) is 0 Å². The number of nitrogens with one attached hydrogen (secondary N) is 1. The lowest BCUT2D eigenvalue weighted by atomic mass is 10.00. The summed E-state index contributed by atoms with van der Waals surface area (Å²) in [6.45, 7) is 12.8. The first kappa shape index (κ1) is 15.0. The molecule has 2 aliphatic rings. The molecule has 2 fully saturated rings. The number of rotatable bonds is 7. The summed E-state index contributed by atoms with van der Waals surface area (Å²) < 4.78 is 6.15. The van der Waals surface area contributed by atoms with Gasteiger partial charge in [-0.25, -0.2) is 0 Å². The van der Waals surface area contributed by atoms with E-state index in [4.69, 9.17) is 4.74 Å². The van der Waals surface area contributed by atoms with Crippen molar-refractivity contribution in [1.82, 2.24) is 10.2 Å². The molecule has 0 amide bonds. The zero-order valence-electron chi connectivity index (χ0n) is 12.7. The van der Waals surface area contributed by atoms with Crippen molar-refractivity contribution in [2.45, 2.75) is 64.1 Å². The van der Waals surface area contributed by atoms with Crippen molar-refractivity contribution in [3.05, 3.63) is 12.2 Å². The summed E-state index contributed by atoms with van der Waals surface area (Å²) in [7, 11) is 0. The molecule has 0 spiro atoms. The van der Waals surface area contributed by atoms with Crippen LogP contribution < -0.4 is 5.32 Å². The van der Waals surface area contributed by atoms with Gasteiger partial charge >= 0.3 is 0 Å². The first-order chi connectivity index (χ1) is 9.20. The van der Waals surface area contributed by atoms with Crippen LogP contribution in [0.2, 0.25) is 0 Å². The Kier molecular flexibility index (Phi) is 5.86. The highest BCUT2D eigenvalue weighted by Crippen LogP contribution is 2.25. The summed E-state index contributed by atoms with van der Waals surface area (Å²) in [5.74, 6) is 0. The molecule has 3 atom stereocenters. The molecule has 0 aromatic carbocycles. The van der Waals surface area contributed by atoms with E-state index in [1.54, 1.807) is 0 Å². The van der Waals surface area contributed by atoms with Crippen LogP contribution in [0.15, 0.2) is 12.2 Å². The maximum absolute atomic E-state index is 6.15. The van der Waals surface area contributed by atoms with Gasteiger partial charge < -0.3 is 10.1 Å². The lowest BCUT2D eigenvalue weighted by Crippen LogP contribution is -2.54. The highest BCUT2D eigenvalue weighted by atomic mass is 16.5. The molecule has 2 aliphatic heterocycles. The molecule has 0 radical (unpaired) electrons. The van der Waals surface area contributed by atoms with E-state index in [2.05, 4.69) is 30.6 Å². The average Bonchev–Trinajstić information content (AvgIpc) is 2.85. The van der Waals surface area contributed by atoms with Gasteiger partial charge in [0, 0.05) is 18.6 Å². The van der Waals surface area contributed by atoms with E-state index >= 15 is 0 Å². The largest absolute Gasteiger partial charge is 0.374 e. The zero-order chi connectivity index (χ0) is 13.7. The van der Waals surface area contributed by atoms with E-state index in [0.29, 0.717) is 18.2 Å². The van der Waals surface area contributed by atoms with Crippen molar-refractivity contribution in [2.24, 2.45) is 0 Å². The Hall–Kier alpha value is -0.380. The summed E-state index contributed by atoms with van der Waals surface area (Å²) in [5.41, 5.74) is 1.28. The fraction of sp³-hybridized carbons (Fsp3) is 0.875. The number of ether oxygens (including phenoxy) is 1. The second-order valence-electron chi connectivity index (χ2n) is 6.22. The van der Waals surface area contributed by atoms with E-state index in [1.807, 2.05) is 0 Å². The summed E-state index contributed by atoms with van der Waals surface area (Å²) >= 11 is 0. The van der Waals surface area contributed by atoms with Gasteiger partial charge in [-0.2, -0.15) is 0 Å². The van der Waals surface area contributed by atoms with E-state index in [-0.39, 0.29) is 0 Å². The predicted octanol–water partition coefficient (Wildman–Crippen LogP) is 2.57. The molecule has 0 saturated carbocycles. The second kappa shape index (κ2) is 7.41. The molecule has 3 nitrogen and oxygen atoms in total. The van der Waals surface area contributed by atoms with Crippen LogP contribution in [0.5, 0.6) is 0 Å². The van der Waals surface area contributed by atoms with Crippen LogP contribution in [-0.4, -0.2) is 49.3 Å². The number of fused-ring (bicyclic) bond motifs is 1. The van der Waals surface area contributed by atoms with E-state index in [0.717, 1.165) is 32.5 Å². The highest BCUT2D eigenvalue weighted by molar-refractivity contribution is 4.94. The SMILES string of the molecule is C=C(C)CCC(NCCC)C1CN2CCCC2CO1. The molecule has 2 heterocycles. The normalized spacial score (nSPS) is 29.2. The average molecular weight is 266 g/mol. The van der Waals surface area contributed by atoms with Crippen LogP contribution in [0.4, 0.5) is 0 Å². The number of nitrogens with zero attached hydrogens (tertiary/aromatic N) is 1.